The minimum atomic E-state index is -0.630. The maximum atomic E-state index is 12.9. The second kappa shape index (κ2) is 8.45. The van der Waals surface area contributed by atoms with Crippen molar-refractivity contribution in [2.45, 2.75) is 20.0 Å². The van der Waals surface area contributed by atoms with E-state index in [-0.39, 0.29) is 18.1 Å². The number of nitriles is 1. The largest absolute Gasteiger partial charge is 0.365 e. The maximum Gasteiger partial charge on any atom is 0.322 e. The van der Waals surface area contributed by atoms with Gasteiger partial charge in [-0.25, -0.2) is 4.79 Å². The summed E-state index contributed by atoms with van der Waals surface area (Å²) in [7, 11) is 1.82. The summed E-state index contributed by atoms with van der Waals surface area (Å²) in [5, 5.41) is 22.2. The van der Waals surface area contributed by atoms with Gasteiger partial charge < -0.3 is 16.0 Å². The smallest absolute Gasteiger partial charge is 0.322 e. The molecule has 0 fully saturated rings. The van der Waals surface area contributed by atoms with Crippen molar-refractivity contribution < 1.29 is 9.59 Å². The molecule has 11 heteroatoms. The normalized spacial score (nSPS) is 12.9. The van der Waals surface area contributed by atoms with Crippen LogP contribution in [0.2, 0.25) is 5.02 Å². The van der Waals surface area contributed by atoms with Gasteiger partial charge in [-0.1, -0.05) is 11.6 Å². The van der Waals surface area contributed by atoms with Crippen molar-refractivity contribution in [1.82, 2.24) is 24.5 Å². The lowest BCUT2D eigenvalue weighted by atomic mass is 10.0. The third-order valence-electron chi connectivity index (χ3n) is 6.13. The van der Waals surface area contributed by atoms with Crippen molar-refractivity contribution in [3.05, 3.63) is 63.9 Å². The van der Waals surface area contributed by atoms with Gasteiger partial charge in [-0.3, -0.25) is 14.2 Å². The van der Waals surface area contributed by atoms with E-state index in [1.54, 1.807) is 44.6 Å². The van der Waals surface area contributed by atoms with Crippen LogP contribution in [0.5, 0.6) is 0 Å². The van der Waals surface area contributed by atoms with Gasteiger partial charge in [0.25, 0.3) is 5.91 Å². The summed E-state index contributed by atoms with van der Waals surface area (Å²) >= 11 is 6.56. The van der Waals surface area contributed by atoms with Crippen LogP contribution >= 0.6 is 11.6 Å². The molecule has 0 saturated carbocycles. The molecule has 3 amide bonds. The van der Waals surface area contributed by atoms with Crippen molar-refractivity contribution in [3.8, 4) is 17.3 Å². The number of halogens is 1. The van der Waals surface area contributed by atoms with Gasteiger partial charge >= 0.3 is 6.03 Å². The summed E-state index contributed by atoms with van der Waals surface area (Å²) in [6.07, 6.45) is 0. The van der Waals surface area contributed by atoms with E-state index in [2.05, 4.69) is 15.5 Å². The Balaban J connectivity index is 1.48. The maximum absolute atomic E-state index is 12.9. The van der Waals surface area contributed by atoms with Crippen LogP contribution in [0.3, 0.4) is 0 Å². The zero-order valence-electron chi connectivity index (χ0n) is 19.0. The monoisotopic (exact) mass is 488 g/mol. The van der Waals surface area contributed by atoms with Gasteiger partial charge in [0, 0.05) is 30.2 Å². The topological polar surface area (TPSA) is 135 Å². The number of aryl methyl sites for hydroxylation is 2. The van der Waals surface area contributed by atoms with E-state index in [1.165, 1.54) is 0 Å². The average molecular weight is 489 g/mol. The first-order valence-corrected chi connectivity index (χ1v) is 11.2. The fraction of sp³-hybridized carbons (Fsp3) is 0.208. The summed E-state index contributed by atoms with van der Waals surface area (Å²) in [5.41, 5.74) is 10.4. The summed E-state index contributed by atoms with van der Waals surface area (Å²) in [6, 6.07) is 12.0. The standard InChI is InChI=1S/C24H21ClN8O2/c1-13-17-9-15(10-18(25)22(17)31(2)29-13)21-20(23(27)34)19-12-32(7-8-33(19)30-21)24(35)28-16-5-3-14(11-26)4-6-16/h3-6,9-10H,7-8,12H2,1-2H3,(H2,27,34)(H,28,35). The lowest BCUT2D eigenvalue weighted by molar-refractivity contribution is 0.0997. The first-order valence-electron chi connectivity index (χ1n) is 10.9. The molecule has 0 radical (unpaired) electrons. The Kier molecular flexibility index (Phi) is 5.42. The highest BCUT2D eigenvalue weighted by Gasteiger charge is 2.30. The van der Waals surface area contributed by atoms with Gasteiger partial charge in [0.2, 0.25) is 0 Å². The Morgan fingerprint density at radius 3 is 2.60 bits per heavy atom. The molecule has 35 heavy (non-hydrogen) atoms. The van der Waals surface area contributed by atoms with Gasteiger partial charge in [-0.15, -0.1) is 0 Å². The van der Waals surface area contributed by atoms with Gasteiger partial charge in [0.15, 0.2) is 0 Å². The first kappa shape index (κ1) is 22.4. The number of nitrogens with zero attached hydrogens (tertiary/aromatic N) is 6. The van der Waals surface area contributed by atoms with Crippen LogP contribution in [0.15, 0.2) is 36.4 Å². The average Bonchev–Trinajstić information content (AvgIpc) is 3.36. The molecular formula is C24H21ClN8O2. The molecule has 2 aromatic heterocycles. The number of urea groups is 1. The van der Waals surface area contributed by atoms with E-state index in [4.69, 9.17) is 22.6 Å². The molecule has 0 unspecified atom stereocenters. The molecule has 4 aromatic rings. The minimum Gasteiger partial charge on any atom is -0.365 e. The fourth-order valence-electron chi connectivity index (χ4n) is 4.45. The predicted molar refractivity (Wildman–Crippen MR) is 131 cm³/mol. The lowest BCUT2D eigenvalue weighted by Gasteiger charge is -2.28. The highest BCUT2D eigenvalue weighted by molar-refractivity contribution is 6.35. The SMILES string of the molecule is Cc1nn(C)c2c(Cl)cc(-c3nn4c(c3C(N)=O)CN(C(=O)Nc3ccc(C#N)cc3)CC4)cc12. The van der Waals surface area contributed by atoms with Gasteiger partial charge in [-0.2, -0.15) is 15.5 Å². The number of fused-ring (bicyclic) bond motifs is 2. The van der Waals surface area contributed by atoms with E-state index >= 15 is 0 Å². The highest BCUT2D eigenvalue weighted by Crippen LogP contribution is 2.35. The Morgan fingerprint density at radius 2 is 1.91 bits per heavy atom. The van der Waals surface area contributed by atoms with E-state index in [0.29, 0.717) is 46.3 Å². The molecule has 0 bridgehead atoms. The number of nitrogens with one attached hydrogen (secondary N) is 1. The number of primary amides is 1. The molecule has 10 nitrogen and oxygen atoms in total. The number of hydrogen-bond donors (Lipinski definition) is 2. The van der Waals surface area contributed by atoms with E-state index in [9.17, 15) is 9.59 Å². The summed E-state index contributed by atoms with van der Waals surface area (Å²) < 4.78 is 3.43. The van der Waals surface area contributed by atoms with Crippen molar-refractivity contribution in [2.24, 2.45) is 12.8 Å². The quantitative estimate of drug-likeness (QED) is 0.455. The van der Waals surface area contributed by atoms with Crippen molar-refractivity contribution in [2.75, 3.05) is 11.9 Å². The van der Waals surface area contributed by atoms with E-state index < -0.39 is 5.91 Å². The molecule has 5 rings (SSSR count). The Morgan fingerprint density at radius 1 is 1.17 bits per heavy atom. The number of aromatic nitrogens is 4. The Labute approximate surface area is 205 Å². The van der Waals surface area contributed by atoms with Crippen LogP contribution in [0.4, 0.5) is 10.5 Å². The molecule has 0 atom stereocenters. The van der Waals surface area contributed by atoms with Crippen molar-refractivity contribution >= 4 is 40.1 Å². The molecule has 3 heterocycles. The highest BCUT2D eigenvalue weighted by atomic mass is 35.5. The van der Waals surface area contributed by atoms with E-state index in [1.807, 2.05) is 26.1 Å². The van der Waals surface area contributed by atoms with Gasteiger partial charge in [0.05, 0.1) is 52.2 Å². The minimum absolute atomic E-state index is 0.162. The molecule has 3 N–H and O–H groups in total. The van der Waals surface area contributed by atoms with Crippen LogP contribution in [-0.2, 0) is 20.1 Å². The molecule has 1 aliphatic heterocycles. The van der Waals surface area contributed by atoms with Crippen molar-refractivity contribution in [1.29, 1.82) is 5.26 Å². The summed E-state index contributed by atoms with van der Waals surface area (Å²) in [6.45, 7) is 2.85. The number of amides is 3. The number of rotatable bonds is 3. The predicted octanol–water partition coefficient (Wildman–Crippen LogP) is 3.42. The number of nitrogens with two attached hydrogens (primary N) is 1. The molecular weight excluding hydrogens is 468 g/mol. The zero-order valence-corrected chi connectivity index (χ0v) is 19.8. The molecule has 0 saturated heterocycles. The number of benzene rings is 2. The van der Waals surface area contributed by atoms with Crippen molar-refractivity contribution in [3.63, 3.8) is 0 Å². The molecule has 1 aliphatic rings. The third-order valence-corrected chi connectivity index (χ3v) is 6.42. The molecule has 176 valence electrons. The van der Waals surface area contributed by atoms with Crippen LogP contribution in [0, 0.1) is 18.3 Å². The summed E-state index contributed by atoms with van der Waals surface area (Å²) in [4.78, 5) is 27.0. The Hall–Kier alpha value is -4.36. The third kappa shape index (κ3) is 3.86. The first-order chi connectivity index (χ1) is 16.8. The number of carbonyl (C=O) groups is 2. The van der Waals surface area contributed by atoms with Gasteiger partial charge in [-0.05, 0) is 43.3 Å². The number of anilines is 1. The van der Waals surface area contributed by atoms with Crippen LogP contribution in [0.1, 0.15) is 27.3 Å². The lowest BCUT2D eigenvalue weighted by Crippen LogP contribution is -2.41. The second-order valence-electron chi connectivity index (χ2n) is 8.36. The van der Waals surface area contributed by atoms with Gasteiger partial charge in [0.1, 0.15) is 5.69 Å². The molecule has 0 spiro atoms. The van der Waals surface area contributed by atoms with Crippen LogP contribution in [0.25, 0.3) is 22.2 Å². The fourth-order valence-corrected chi connectivity index (χ4v) is 4.79. The van der Waals surface area contributed by atoms with Crippen LogP contribution < -0.4 is 11.1 Å². The molecule has 2 aromatic carbocycles. The summed E-state index contributed by atoms with van der Waals surface area (Å²) in [5.74, 6) is -0.630. The number of hydrogen-bond acceptors (Lipinski definition) is 5. The molecule has 0 aliphatic carbocycles. The van der Waals surface area contributed by atoms with E-state index in [0.717, 1.165) is 16.6 Å². The van der Waals surface area contributed by atoms with Crippen LogP contribution in [-0.4, -0.2) is 42.9 Å². The number of carbonyl (C=O) groups excluding carboxylic acids is 2. The second-order valence-corrected chi connectivity index (χ2v) is 8.77. The Bertz CT molecular complexity index is 1540. The zero-order chi connectivity index (χ0) is 24.9.